The van der Waals surface area contributed by atoms with Crippen LogP contribution >= 0.6 is 0 Å². The summed E-state index contributed by atoms with van der Waals surface area (Å²) in [6.45, 7) is 9.31. The third-order valence-corrected chi connectivity index (χ3v) is 7.54. The number of nitrogens with zero attached hydrogens (tertiary/aromatic N) is 1. The van der Waals surface area contributed by atoms with Gasteiger partial charge in [-0.1, -0.05) is 30.7 Å². The molecule has 31 heavy (non-hydrogen) atoms. The maximum Gasteiger partial charge on any atom is 0.257 e. The van der Waals surface area contributed by atoms with Crippen LogP contribution in [0.1, 0.15) is 59.8 Å². The largest absolute Gasteiger partial charge is 0.496 e. The highest BCUT2D eigenvalue weighted by Gasteiger charge is 2.27. The molecule has 0 spiro atoms. The number of hydrogen-bond acceptors (Lipinski definition) is 4. The van der Waals surface area contributed by atoms with Crippen molar-refractivity contribution in [3.05, 3.63) is 58.7 Å². The Hall–Kier alpha value is -2.38. The van der Waals surface area contributed by atoms with E-state index >= 15 is 0 Å². The van der Waals surface area contributed by atoms with Gasteiger partial charge < -0.3 is 9.64 Å². The van der Waals surface area contributed by atoms with Crippen molar-refractivity contribution < 1.29 is 17.9 Å². The molecule has 1 aliphatic heterocycles. The Morgan fingerprint density at radius 1 is 1.13 bits per heavy atom. The third kappa shape index (κ3) is 5.28. The Balaban J connectivity index is 1.87. The van der Waals surface area contributed by atoms with Crippen LogP contribution in [0.15, 0.2) is 41.3 Å². The fraction of sp³-hybridized carbons (Fsp3) is 0.458. The Kier molecular flexibility index (Phi) is 7.06. The zero-order valence-corrected chi connectivity index (χ0v) is 19.8. The van der Waals surface area contributed by atoms with E-state index in [1.54, 1.807) is 11.0 Å². The standard InChI is InChI=1S/C24H32N2O4S/c1-16-10-12-26(13-11-16)24(27)22-15-20(7-9-23(22)30-5)31(28,29)25-19(4)21-8-6-17(2)14-18(21)3/h6-9,14-16,19,25H,10-13H2,1-5H3/t19-/m0/s1. The van der Waals surface area contributed by atoms with Gasteiger partial charge in [0.25, 0.3) is 5.91 Å². The number of ether oxygens (including phenoxy) is 1. The average Bonchev–Trinajstić information content (AvgIpc) is 2.72. The van der Waals surface area contributed by atoms with Crippen LogP contribution in [0.5, 0.6) is 5.75 Å². The topological polar surface area (TPSA) is 75.7 Å². The number of nitrogens with one attached hydrogen (secondary N) is 1. The second-order valence-corrected chi connectivity index (χ2v) is 10.3. The molecule has 0 radical (unpaired) electrons. The molecule has 168 valence electrons. The summed E-state index contributed by atoms with van der Waals surface area (Å²) < 4.78 is 34.3. The molecule has 1 saturated heterocycles. The summed E-state index contributed by atoms with van der Waals surface area (Å²) in [5, 5.41) is 0. The minimum Gasteiger partial charge on any atom is -0.496 e. The number of likely N-dealkylation sites (tertiary alicyclic amines) is 1. The minimum absolute atomic E-state index is 0.0543. The highest BCUT2D eigenvalue weighted by Crippen LogP contribution is 2.27. The highest BCUT2D eigenvalue weighted by molar-refractivity contribution is 7.89. The first-order valence-electron chi connectivity index (χ1n) is 10.7. The lowest BCUT2D eigenvalue weighted by molar-refractivity contribution is 0.0693. The Labute approximate surface area is 185 Å². The van der Waals surface area contributed by atoms with Gasteiger partial charge in [-0.25, -0.2) is 13.1 Å². The van der Waals surface area contributed by atoms with Crippen LogP contribution in [0.4, 0.5) is 0 Å². The smallest absolute Gasteiger partial charge is 0.257 e. The minimum atomic E-state index is -3.83. The van der Waals surface area contributed by atoms with E-state index < -0.39 is 16.1 Å². The maximum atomic E-state index is 13.1. The number of aryl methyl sites for hydroxylation is 2. The van der Waals surface area contributed by atoms with E-state index in [2.05, 4.69) is 11.6 Å². The van der Waals surface area contributed by atoms with Gasteiger partial charge in [-0.2, -0.15) is 0 Å². The molecule has 0 aromatic heterocycles. The van der Waals surface area contributed by atoms with Crippen LogP contribution in [0.2, 0.25) is 0 Å². The van der Waals surface area contributed by atoms with Crippen molar-refractivity contribution in [2.24, 2.45) is 5.92 Å². The third-order valence-electron chi connectivity index (χ3n) is 6.01. The van der Waals surface area contributed by atoms with Crippen molar-refractivity contribution in [3.63, 3.8) is 0 Å². The van der Waals surface area contributed by atoms with E-state index in [4.69, 9.17) is 4.74 Å². The summed E-state index contributed by atoms with van der Waals surface area (Å²) in [6.07, 6.45) is 1.89. The van der Waals surface area contributed by atoms with E-state index in [9.17, 15) is 13.2 Å². The molecule has 6 nitrogen and oxygen atoms in total. The number of amides is 1. The fourth-order valence-corrected chi connectivity index (χ4v) is 5.33. The van der Waals surface area contributed by atoms with Crippen LogP contribution in [0.3, 0.4) is 0 Å². The molecule has 0 bridgehead atoms. The van der Waals surface area contributed by atoms with E-state index in [1.807, 2.05) is 39.0 Å². The normalized spacial score (nSPS) is 16.2. The molecule has 2 aromatic rings. The molecule has 1 atom stereocenters. The Morgan fingerprint density at radius 3 is 2.42 bits per heavy atom. The molecule has 0 unspecified atom stereocenters. The summed E-state index contributed by atoms with van der Waals surface area (Å²) in [5.41, 5.74) is 3.35. The molecule has 3 rings (SSSR count). The van der Waals surface area contributed by atoms with Gasteiger partial charge in [-0.05, 0) is 68.9 Å². The van der Waals surface area contributed by atoms with Crippen molar-refractivity contribution >= 4 is 15.9 Å². The van der Waals surface area contributed by atoms with Gasteiger partial charge in [0.05, 0.1) is 17.6 Å². The van der Waals surface area contributed by atoms with Gasteiger partial charge in [0.2, 0.25) is 10.0 Å². The van der Waals surface area contributed by atoms with Crippen LogP contribution in [-0.2, 0) is 10.0 Å². The molecule has 1 N–H and O–H groups in total. The number of rotatable bonds is 6. The first-order valence-corrected chi connectivity index (χ1v) is 12.2. The second kappa shape index (κ2) is 9.40. The molecule has 7 heteroatoms. The summed E-state index contributed by atoms with van der Waals surface area (Å²) in [6, 6.07) is 9.99. The molecule has 0 aliphatic carbocycles. The monoisotopic (exact) mass is 444 g/mol. The quantitative estimate of drug-likeness (QED) is 0.724. The molecule has 1 fully saturated rings. The zero-order chi connectivity index (χ0) is 22.8. The number of piperidine rings is 1. The molecule has 0 saturated carbocycles. The first-order chi connectivity index (χ1) is 14.6. The summed E-state index contributed by atoms with van der Waals surface area (Å²) >= 11 is 0. The van der Waals surface area contributed by atoms with Gasteiger partial charge in [0.1, 0.15) is 5.75 Å². The van der Waals surface area contributed by atoms with Gasteiger partial charge in [0.15, 0.2) is 0 Å². The van der Waals surface area contributed by atoms with E-state index in [1.165, 1.54) is 19.2 Å². The van der Waals surface area contributed by atoms with Crippen LogP contribution < -0.4 is 9.46 Å². The lowest BCUT2D eigenvalue weighted by Gasteiger charge is -2.30. The van der Waals surface area contributed by atoms with Crippen molar-refractivity contribution in [2.45, 2.75) is 51.5 Å². The van der Waals surface area contributed by atoms with E-state index in [0.717, 1.165) is 29.5 Å². The number of carbonyl (C=O) groups excluding carboxylic acids is 1. The first kappa shape index (κ1) is 23.3. The zero-order valence-electron chi connectivity index (χ0n) is 18.9. The van der Waals surface area contributed by atoms with Crippen LogP contribution in [-0.4, -0.2) is 39.4 Å². The fourth-order valence-electron chi connectivity index (χ4n) is 4.08. The van der Waals surface area contributed by atoms with Crippen LogP contribution in [0.25, 0.3) is 0 Å². The van der Waals surface area contributed by atoms with Gasteiger partial charge in [-0.3, -0.25) is 4.79 Å². The molecule has 1 heterocycles. The number of methoxy groups -OCH3 is 1. The van der Waals surface area contributed by atoms with Crippen molar-refractivity contribution in [1.82, 2.24) is 9.62 Å². The lowest BCUT2D eigenvalue weighted by atomic mass is 9.98. The van der Waals surface area contributed by atoms with Gasteiger partial charge in [-0.15, -0.1) is 0 Å². The summed E-state index contributed by atoms with van der Waals surface area (Å²) in [4.78, 5) is 14.9. The predicted octanol–water partition coefficient (Wildman–Crippen LogP) is 4.22. The Bertz CT molecular complexity index is 1060. The molecular formula is C24H32N2O4S. The number of sulfonamides is 1. The molecular weight excluding hydrogens is 412 g/mol. The Morgan fingerprint density at radius 2 is 1.81 bits per heavy atom. The average molecular weight is 445 g/mol. The number of carbonyl (C=O) groups is 1. The van der Waals surface area contributed by atoms with Gasteiger partial charge >= 0.3 is 0 Å². The van der Waals surface area contributed by atoms with Crippen molar-refractivity contribution in [1.29, 1.82) is 0 Å². The molecule has 2 aromatic carbocycles. The SMILES string of the molecule is COc1ccc(S(=O)(=O)N[C@@H](C)c2ccc(C)cc2C)cc1C(=O)N1CCC(C)CC1. The number of hydrogen-bond donors (Lipinski definition) is 1. The second-order valence-electron chi connectivity index (χ2n) is 8.54. The number of benzene rings is 2. The summed E-state index contributed by atoms with van der Waals surface area (Å²) in [7, 11) is -2.35. The molecule has 1 amide bonds. The van der Waals surface area contributed by atoms with E-state index in [-0.39, 0.29) is 16.4 Å². The maximum absolute atomic E-state index is 13.1. The lowest BCUT2D eigenvalue weighted by Crippen LogP contribution is -2.38. The van der Waals surface area contributed by atoms with Crippen LogP contribution in [0, 0.1) is 19.8 Å². The summed E-state index contributed by atoms with van der Waals surface area (Å²) in [5.74, 6) is 0.779. The molecule has 1 aliphatic rings. The van der Waals surface area contributed by atoms with Crippen molar-refractivity contribution in [2.75, 3.05) is 20.2 Å². The van der Waals surface area contributed by atoms with Crippen molar-refractivity contribution in [3.8, 4) is 5.75 Å². The predicted molar refractivity (Wildman–Crippen MR) is 122 cm³/mol. The van der Waals surface area contributed by atoms with E-state index in [0.29, 0.717) is 24.8 Å². The highest BCUT2D eigenvalue weighted by atomic mass is 32.2. The van der Waals surface area contributed by atoms with Gasteiger partial charge in [0, 0.05) is 19.1 Å².